The molecule has 0 aliphatic carbocycles. The van der Waals surface area contributed by atoms with Crippen LogP contribution in [-0.4, -0.2) is 25.2 Å². The molecule has 0 spiro atoms. The molecule has 0 aromatic rings. The smallest absolute Gasteiger partial charge is 0.0145 e. The molecule has 0 aromatic heterocycles. The molecule has 2 heteroatoms. The van der Waals surface area contributed by atoms with Gasteiger partial charge in [0.05, 0.1) is 0 Å². The first-order valence-electron chi connectivity index (χ1n) is 4.99. The average molecular weight is 170 g/mol. The standard InChI is InChI=1S/C10H22N2/c1-8(2)12-9-5-6-11-7-10(9,3)4/h8-9,11-12H,5-7H2,1-4H3/t9-/m0/s1. The Morgan fingerprint density at radius 1 is 1.42 bits per heavy atom. The van der Waals surface area contributed by atoms with E-state index in [-0.39, 0.29) is 0 Å². The van der Waals surface area contributed by atoms with Crippen molar-refractivity contribution in [1.82, 2.24) is 10.6 Å². The lowest BCUT2D eigenvalue weighted by Crippen LogP contribution is -2.54. The van der Waals surface area contributed by atoms with Crippen molar-refractivity contribution in [3.63, 3.8) is 0 Å². The highest BCUT2D eigenvalue weighted by Gasteiger charge is 2.31. The maximum atomic E-state index is 3.63. The van der Waals surface area contributed by atoms with Gasteiger partial charge in [-0.15, -0.1) is 0 Å². The molecule has 2 nitrogen and oxygen atoms in total. The fourth-order valence-electron chi connectivity index (χ4n) is 1.88. The molecule has 12 heavy (non-hydrogen) atoms. The molecule has 1 heterocycles. The highest BCUT2D eigenvalue weighted by atomic mass is 15.0. The quantitative estimate of drug-likeness (QED) is 0.654. The van der Waals surface area contributed by atoms with Gasteiger partial charge in [-0.3, -0.25) is 0 Å². The molecule has 1 aliphatic heterocycles. The molecule has 0 radical (unpaired) electrons. The van der Waals surface area contributed by atoms with E-state index >= 15 is 0 Å². The topological polar surface area (TPSA) is 24.1 Å². The van der Waals surface area contributed by atoms with Gasteiger partial charge in [0.1, 0.15) is 0 Å². The molecule has 1 aliphatic rings. The maximum absolute atomic E-state index is 3.63. The van der Waals surface area contributed by atoms with Crippen molar-refractivity contribution in [1.29, 1.82) is 0 Å². The Morgan fingerprint density at radius 2 is 2.08 bits per heavy atom. The minimum Gasteiger partial charge on any atom is -0.316 e. The van der Waals surface area contributed by atoms with E-state index in [0.717, 1.165) is 13.1 Å². The Labute approximate surface area is 76.1 Å². The van der Waals surface area contributed by atoms with E-state index in [9.17, 15) is 0 Å². The van der Waals surface area contributed by atoms with Gasteiger partial charge in [-0.2, -0.15) is 0 Å². The second kappa shape index (κ2) is 3.75. The Balaban J connectivity index is 2.48. The molecule has 0 saturated carbocycles. The zero-order valence-electron chi connectivity index (χ0n) is 8.78. The highest BCUT2D eigenvalue weighted by molar-refractivity contribution is 4.90. The van der Waals surface area contributed by atoms with Crippen molar-refractivity contribution in [3.8, 4) is 0 Å². The number of nitrogens with one attached hydrogen (secondary N) is 2. The third-order valence-electron chi connectivity index (χ3n) is 2.67. The summed E-state index contributed by atoms with van der Waals surface area (Å²) in [5, 5.41) is 7.07. The van der Waals surface area contributed by atoms with Gasteiger partial charge in [0.2, 0.25) is 0 Å². The summed E-state index contributed by atoms with van der Waals surface area (Å²) in [5.74, 6) is 0. The monoisotopic (exact) mass is 170 g/mol. The molecular formula is C10H22N2. The third-order valence-corrected chi connectivity index (χ3v) is 2.67. The van der Waals surface area contributed by atoms with E-state index in [4.69, 9.17) is 0 Å². The molecule has 72 valence electrons. The summed E-state index contributed by atoms with van der Waals surface area (Å²) >= 11 is 0. The summed E-state index contributed by atoms with van der Waals surface area (Å²) in [5.41, 5.74) is 0.405. The van der Waals surface area contributed by atoms with Crippen molar-refractivity contribution < 1.29 is 0 Å². The molecule has 2 N–H and O–H groups in total. The molecule has 1 rings (SSSR count). The van der Waals surface area contributed by atoms with Crippen molar-refractivity contribution in [2.75, 3.05) is 13.1 Å². The molecule has 1 saturated heterocycles. The highest BCUT2D eigenvalue weighted by Crippen LogP contribution is 2.25. The van der Waals surface area contributed by atoms with Crippen molar-refractivity contribution in [2.24, 2.45) is 5.41 Å². The summed E-state index contributed by atoms with van der Waals surface area (Å²) < 4.78 is 0. The van der Waals surface area contributed by atoms with E-state index in [0.29, 0.717) is 17.5 Å². The maximum Gasteiger partial charge on any atom is 0.0145 e. The minimum atomic E-state index is 0.405. The molecule has 0 amide bonds. The van der Waals surface area contributed by atoms with Gasteiger partial charge >= 0.3 is 0 Å². The summed E-state index contributed by atoms with van der Waals surface area (Å²) in [7, 11) is 0. The second-order valence-corrected chi connectivity index (χ2v) is 4.83. The predicted octanol–water partition coefficient (Wildman–Crippen LogP) is 1.37. The van der Waals surface area contributed by atoms with E-state index in [1.807, 2.05) is 0 Å². The number of rotatable bonds is 2. The zero-order chi connectivity index (χ0) is 9.19. The fourth-order valence-corrected chi connectivity index (χ4v) is 1.88. The van der Waals surface area contributed by atoms with E-state index in [1.54, 1.807) is 0 Å². The van der Waals surface area contributed by atoms with Crippen LogP contribution in [0.25, 0.3) is 0 Å². The Bertz CT molecular complexity index is 141. The number of piperidine rings is 1. The van der Waals surface area contributed by atoms with Gasteiger partial charge < -0.3 is 10.6 Å². The van der Waals surface area contributed by atoms with Crippen LogP contribution in [0, 0.1) is 5.41 Å². The van der Waals surface area contributed by atoms with Crippen LogP contribution in [0.2, 0.25) is 0 Å². The largest absolute Gasteiger partial charge is 0.316 e. The number of hydrogen-bond donors (Lipinski definition) is 2. The van der Waals surface area contributed by atoms with Crippen LogP contribution >= 0.6 is 0 Å². The van der Waals surface area contributed by atoms with Crippen molar-refractivity contribution in [3.05, 3.63) is 0 Å². The lowest BCUT2D eigenvalue weighted by atomic mass is 9.80. The van der Waals surface area contributed by atoms with Gasteiger partial charge in [-0.1, -0.05) is 27.7 Å². The van der Waals surface area contributed by atoms with Crippen LogP contribution in [0.4, 0.5) is 0 Å². The molecule has 1 fully saturated rings. The van der Waals surface area contributed by atoms with Crippen molar-refractivity contribution in [2.45, 2.75) is 46.2 Å². The predicted molar refractivity (Wildman–Crippen MR) is 53.3 cm³/mol. The summed E-state index contributed by atoms with van der Waals surface area (Å²) in [4.78, 5) is 0. The van der Waals surface area contributed by atoms with Crippen molar-refractivity contribution >= 4 is 0 Å². The number of hydrogen-bond acceptors (Lipinski definition) is 2. The average Bonchev–Trinajstić information content (AvgIpc) is 1.92. The SMILES string of the molecule is CC(C)N[C@H]1CCNCC1(C)C. The van der Waals surface area contributed by atoms with Crippen LogP contribution in [0.15, 0.2) is 0 Å². The van der Waals surface area contributed by atoms with E-state index in [2.05, 4.69) is 38.3 Å². The van der Waals surface area contributed by atoms with E-state index < -0.39 is 0 Å². The second-order valence-electron chi connectivity index (χ2n) is 4.83. The zero-order valence-corrected chi connectivity index (χ0v) is 8.78. The van der Waals surface area contributed by atoms with Gasteiger partial charge in [0.25, 0.3) is 0 Å². The summed E-state index contributed by atoms with van der Waals surface area (Å²) in [6.45, 7) is 11.4. The molecule has 0 aromatic carbocycles. The van der Waals surface area contributed by atoms with Gasteiger partial charge in [0, 0.05) is 18.6 Å². The first-order valence-corrected chi connectivity index (χ1v) is 4.99. The normalized spacial score (nSPS) is 29.2. The van der Waals surface area contributed by atoms with Crippen LogP contribution in [0.5, 0.6) is 0 Å². The third kappa shape index (κ3) is 2.46. The molecule has 0 unspecified atom stereocenters. The van der Waals surface area contributed by atoms with Crippen LogP contribution < -0.4 is 10.6 Å². The Kier molecular flexibility index (Phi) is 3.13. The lowest BCUT2D eigenvalue weighted by Gasteiger charge is -2.40. The first kappa shape index (κ1) is 10.0. The van der Waals surface area contributed by atoms with Gasteiger partial charge in [-0.25, -0.2) is 0 Å². The molecule has 0 bridgehead atoms. The Morgan fingerprint density at radius 3 is 2.58 bits per heavy atom. The van der Waals surface area contributed by atoms with Crippen LogP contribution in [0.1, 0.15) is 34.1 Å². The fraction of sp³-hybridized carbons (Fsp3) is 1.00. The first-order chi connectivity index (χ1) is 5.52. The molecule has 1 atom stereocenters. The lowest BCUT2D eigenvalue weighted by molar-refractivity contribution is 0.176. The summed E-state index contributed by atoms with van der Waals surface area (Å²) in [6, 6.07) is 1.28. The van der Waals surface area contributed by atoms with Gasteiger partial charge in [0.15, 0.2) is 0 Å². The van der Waals surface area contributed by atoms with Crippen LogP contribution in [-0.2, 0) is 0 Å². The van der Waals surface area contributed by atoms with Crippen LogP contribution in [0.3, 0.4) is 0 Å². The molecular weight excluding hydrogens is 148 g/mol. The summed E-state index contributed by atoms with van der Waals surface area (Å²) in [6.07, 6.45) is 1.26. The minimum absolute atomic E-state index is 0.405. The Hall–Kier alpha value is -0.0800. The van der Waals surface area contributed by atoms with E-state index in [1.165, 1.54) is 6.42 Å². The van der Waals surface area contributed by atoms with Gasteiger partial charge in [-0.05, 0) is 18.4 Å².